The van der Waals surface area contributed by atoms with Crippen molar-refractivity contribution in [2.75, 3.05) is 5.73 Å². The zero-order chi connectivity index (χ0) is 5.98. The van der Waals surface area contributed by atoms with Gasteiger partial charge in [0.1, 0.15) is 5.69 Å². The number of H-pyrrole nitrogens is 1. The zero-order valence-corrected chi connectivity index (χ0v) is 8.44. The predicted octanol–water partition coefficient (Wildman–Crippen LogP) is -7.04. The van der Waals surface area contributed by atoms with Crippen LogP contribution in [0.4, 0.5) is 11.4 Å². The molecule has 0 spiro atoms. The minimum atomic E-state index is 0. The lowest BCUT2D eigenvalue weighted by molar-refractivity contribution is -0.388. The first-order valence-electron chi connectivity index (χ1n) is 2.37. The van der Waals surface area contributed by atoms with Gasteiger partial charge in [-0.05, 0) is 0 Å². The van der Waals surface area contributed by atoms with Gasteiger partial charge >= 0.3 is 0 Å². The Kier molecular flexibility index (Phi) is 7.07. The van der Waals surface area contributed by atoms with E-state index in [9.17, 15) is 0 Å². The van der Waals surface area contributed by atoms with Crippen LogP contribution in [-0.2, 0) is 0 Å². The average molecular weight is 271 g/mol. The summed E-state index contributed by atoms with van der Waals surface area (Å²) in [5, 5.41) is 0. The standard InChI is InChI=1S/C5H7N3.2BrH/c6-4-1-5(7)3-8-2-4;;/h1-3H,6-7H2;2*1H. The van der Waals surface area contributed by atoms with Gasteiger partial charge in [-0.1, -0.05) is 0 Å². The summed E-state index contributed by atoms with van der Waals surface area (Å²) in [5.74, 6) is 0. The lowest BCUT2D eigenvalue weighted by Crippen LogP contribution is -3.00. The van der Waals surface area contributed by atoms with E-state index in [4.69, 9.17) is 5.73 Å². The Balaban J connectivity index is 0. The Morgan fingerprint density at radius 1 is 1.30 bits per heavy atom. The molecule has 0 fully saturated rings. The summed E-state index contributed by atoms with van der Waals surface area (Å²) < 4.78 is 0. The molecule has 6 N–H and O–H groups in total. The molecule has 1 rings (SSSR count). The fraction of sp³-hybridized carbons (Fsp3) is 0. The Bertz CT molecular complexity index is 175. The van der Waals surface area contributed by atoms with Crippen molar-refractivity contribution in [1.82, 2.24) is 0 Å². The van der Waals surface area contributed by atoms with Crippen LogP contribution in [0.15, 0.2) is 18.5 Å². The molecular weight excluding hydrogens is 262 g/mol. The number of aromatic amines is 1. The monoisotopic (exact) mass is 269 g/mol. The maximum absolute atomic E-state index is 5.39. The Hall–Kier alpha value is -0.130. The number of anilines is 1. The summed E-state index contributed by atoms with van der Waals surface area (Å²) in [4.78, 5) is 2.84. The van der Waals surface area contributed by atoms with E-state index in [1.54, 1.807) is 18.5 Å². The second kappa shape index (κ2) is 5.64. The quantitative estimate of drug-likeness (QED) is 0.484. The smallest absolute Gasteiger partial charge is 0.228 e. The number of nitrogen functional groups attached to an aromatic ring is 1. The van der Waals surface area contributed by atoms with Crippen molar-refractivity contribution in [1.29, 1.82) is 0 Å². The molecule has 58 valence electrons. The Labute approximate surface area is 80.4 Å². The van der Waals surface area contributed by atoms with Crippen LogP contribution in [0.2, 0.25) is 0 Å². The van der Waals surface area contributed by atoms with E-state index in [-0.39, 0.29) is 34.0 Å². The van der Waals surface area contributed by atoms with Crippen LogP contribution in [0.3, 0.4) is 0 Å². The summed E-state index contributed by atoms with van der Waals surface area (Å²) in [6.07, 6.45) is 3.50. The first-order chi connectivity index (χ1) is 3.79. The largest absolute Gasteiger partial charge is 1.00 e. The molecule has 0 bridgehead atoms. The van der Waals surface area contributed by atoms with E-state index < -0.39 is 0 Å². The van der Waals surface area contributed by atoms with Crippen molar-refractivity contribution in [3.05, 3.63) is 18.5 Å². The number of halogens is 2. The molecular formula is C5H9Br2N3. The highest BCUT2D eigenvalue weighted by atomic mass is 79.9. The fourth-order valence-corrected chi connectivity index (χ4v) is 0.542. The van der Waals surface area contributed by atoms with Crippen LogP contribution in [0.1, 0.15) is 0 Å². The fourth-order valence-electron chi connectivity index (χ4n) is 0.542. The lowest BCUT2D eigenvalue weighted by atomic mass is 10.4. The summed E-state index contributed by atoms with van der Waals surface area (Å²) in [6, 6.07) is 1.80. The van der Waals surface area contributed by atoms with Crippen molar-refractivity contribution >= 4 is 11.4 Å². The van der Waals surface area contributed by atoms with E-state index in [2.05, 4.69) is 10.7 Å². The van der Waals surface area contributed by atoms with E-state index in [1.165, 1.54) is 0 Å². The van der Waals surface area contributed by atoms with Gasteiger partial charge in [0.15, 0.2) is 11.9 Å². The molecule has 0 aliphatic rings. The average Bonchev–Trinajstić information content (AvgIpc) is 1.64. The van der Waals surface area contributed by atoms with E-state index in [1.807, 2.05) is 0 Å². The van der Waals surface area contributed by atoms with Crippen molar-refractivity contribution in [3.8, 4) is 0 Å². The number of hydrogen-bond acceptors (Lipinski definition) is 1. The Morgan fingerprint density at radius 2 is 1.90 bits per heavy atom. The number of rotatable bonds is 0. The first kappa shape index (κ1) is 12.5. The summed E-state index contributed by atoms with van der Waals surface area (Å²) in [7, 11) is 0. The van der Waals surface area contributed by atoms with Crippen LogP contribution < -0.4 is 50.4 Å². The van der Waals surface area contributed by atoms with Gasteiger partial charge in [0.05, 0.1) is 0 Å². The van der Waals surface area contributed by atoms with Crippen molar-refractivity contribution in [2.24, 2.45) is 0 Å². The molecule has 0 aliphatic heterocycles. The highest BCUT2D eigenvalue weighted by molar-refractivity contribution is 5.40. The zero-order valence-electron chi connectivity index (χ0n) is 5.27. The molecule has 0 unspecified atom stereocenters. The summed E-state index contributed by atoms with van der Waals surface area (Å²) in [5.41, 5.74) is 10.7. The molecule has 0 aromatic carbocycles. The molecule has 0 atom stereocenters. The van der Waals surface area contributed by atoms with Gasteiger partial charge < -0.3 is 45.4 Å². The topological polar surface area (TPSA) is 67.8 Å². The molecule has 1 aromatic rings. The molecule has 0 saturated carbocycles. The van der Waals surface area contributed by atoms with Gasteiger partial charge in [-0.15, -0.1) is 0 Å². The van der Waals surface area contributed by atoms with Gasteiger partial charge in [-0.25, -0.2) is 4.98 Å². The van der Waals surface area contributed by atoms with E-state index in [0.717, 1.165) is 11.4 Å². The second-order valence-corrected chi connectivity index (χ2v) is 1.67. The third-order valence-corrected chi connectivity index (χ3v) is 0.871. The van der Waals surface area contributed by atoms with Gasteiger partial charge in [-0.3, -0.25) is 0 Å². The summed E-state index contributed by atoms with van der Waals surface area (Å²) >= 11 is 0. The molecule has 1 aromatic heterocycles. The molecule has 5 heteroatoms. The second-order valence-electron chi connectivity index (χ2n) is 1.67. The number of hydrogen-bond donors (Lipinski definition) is 2. The maximum Gasteiger partial charge on any atom is 0.228 e. The van der Waals surface area contributed by atoms with Crippen LogP contribution >= 0.6 is 0 Å². The highest BCUT2D eigenvalue weighted by Crippen LogP contribution is 1.98. The highest BCUT2D eigenvalue weighted by Gasteiger charge is 1.92. The molecule has 0 saturated heterocycles. The summed E-state index contributed by atoms with van der Waals surface area (Å²) in [6.45, 7) is 0. The van der Waals surface area contributed by atoms with Gasteiger partial charge in [-0.2, -0.15) is 0 Å². The van der Waals surface area contributed by atoms with Crippen LogP contribution in [0, 0.1) is 0 Å². The van der Waals surface area contributed by atoms with Gasteiger partial charge in [0.25, 0.3) is 0 Å². The molecule has 3 nitrogen and oxygen atoms in total. The van der Waals surface area contributed by atoms with Crippen molar-refractivity contribution in [3.63, 3.8) is 0 Å². The number of nitrogens with two attached hydrogens (primary N) is 1. The minimum Gasteiger partial charge on any atom is -1.00 e. The SMILES string of the molecule is Nc1c[nH+]cc([NH3+])c1.[Br-].[Br-]. The first-order valence-corrected chi connectivity index (χ1v) is 2.37. The van der Waals surface area contributed by atoms with Crippen LogP contribution in [0.25, 0.3) is 0 Å². The predicted molar refractivity (Wildman–Crippen MR) is 30.0 cm³/mol. The molecule has 0 aliphatic carbocycles. The molecule has 0 radical (unpaired) electrons. The Morgan fingerprint density at radius 3 is 2.20 bits per heavy atom. The third kappa shape index (κ3) is 3.81. The van der Waals surface area contributed by atoms with Crippen molar-refractivity contribution < 1.29 is 44.7 Å². The number of nitrogens with one attached hydrogen (secondary N) is 1. The van der Waals surface area contributed by atoms with Crippen molar-refractivity contribution in [2.45, 2.75) is 0 Å². The normalized spacial score (nSPS) is 7.30. The van der Waals surface area contributed by atoms with E-state index >= 15 is 0 Å². The number of quaternary nitrogens is 1. The number of aromatic nitrogens is 1. The minimum absolute atomic E-state index is 0. The lowest BCUT2D eigenvalue weighted by Gasteiger charge is -1.82. The van der Waals surface area contributed by atoms with Crippen LogP contribution in [0.5, 0.6) is 0 Å². The maximum atomic E-state index is 5.39. The van der Waals surface area contributed by atoms with Gasteiger partial charge in [0, 0.05) is 6.07 Å². The van der Waals surface area contributed by atoms with Crippen LogP contribution in [-0.4, -0.2) is 0 Å². The van der Waals surface area contributed by atoms with E-state index in [0.29, 0.717) is 0 Å². The molecule has 1 heterocycles. The number of pyridine rings is 1. The third-order valence-electron chi connectivity index (χ3n) is 0.871. The molecule has 0 amide bonds. The van der Waals surface area contributed by atoms with Gasteiger partial charge in [0.2, 0.25) is 6.20 Å². The molecule has 10 heavy (non-hydrogen) atoms.